The molecule has 1 fully saturated rings. The molecule has 1 atom stereocenters. The quantitative estimate of drug-likeness (QED) is 0.885. The minimum Gasteiger partial charge on any atom is -0.496 e. The van der Waals surface area contributed by atoms with Crippen LogP contribution < -0.4 is 10.1 Å². The Morgan fingerprint density at radius 3 is 2.84 bits per heavy atom. The standard InChI is InChI=1S/C14H18N2O3/c1-16-9-10(7-8-13(16)17)15-14(18)11-5-3-4-6-12(11)19-2/h3-6,10H,7-9H2,1-2H3,(H,15,18). The number of benzene rings is 1. The van der Waals surface area contributed by atoms with Crippen LogP contribution in [0.5, 0.6) is 5.75 Å². The van der Waals surface area contributed by atoms with Crippen LogP contribution in [-0.4, -0.2) is 43.5 Å². The Kier molecular flexibility index (Phi) is 4.04. The summed E-state index contributed by atoms with van der Waals surface area (Å²) in [5.41, 5.74) is 0.518. The normalized spacial score (nSPS) is 19.2. The van der Waals surface area contributed by atoms with E-state index in [4.69, 9.17) is 4.74 Å². The van der Waals surface area contributed by atoms with Crippen LogP contribution in [-0.2, 0) is 4.79 Å². The van der Waals surface area contributed by atoms with Crippen molar-refractivity contribution >= 4 is 11.8 Å². The molecular formula is C14H18N2O3. The molecule has 0 bridgehead atoms. The molecule has 5 nitrogen and oxygen atoms in total. The zero-order valence-corrected chi connectivity index (χ0v) is 11.2. The molecule has 5 heteroatoms. The maximum atomic E-state index is 12.2. The van der Waals surface area contributed by atoms with Crippen molar-refractivity contribution in [3.05, 3.63) is 29.8 Å². The Labute approximate surface area is 112 Å². The second-order valence-corrected chi connectivity index (χ2v) is 4.68. The van der Waals surface area contributed by atoms with Crippen molar-refractivity contribution in [3.8, 4) is 5.75 Å². The van der Waals surface area contributed by atoms with Gasteiger partial charge in [0.25, 0.3) is 5.91 Å². The lowest BCUT2D eigenvalue weighted by Gasteiger charge is -2.30. The predicted octanol–water partition coefficient (Wildman–Crippen LogP) is 1.05. The first-order chi connectivity index (χ1) is 9.11. The zero-order valence-electron chi connectivity index (χ0n) is 11.2. The lowest BCUT2D eigenvalue weighted by Crippen LogP contribution is -2.48. The SMILES string of the molecule is COc1ccccc1C(=O)NC1CCC(=O)N(C)C1. The van der Waals surface area contributed by atoms with Crippen molar-refractivity contribution < 1.29 is 14.3 Å². The van der Waals surface area contributed by atoms with Gasteiger partial charge in [0.1, 0.15) is 5.75 Å². The number of hydrogen-bond donors (Lipinski definition) is 1. The lowest BCUT2D eigenvalue weighted by atomic mass is 10.0. The molecular weight excluding hydrogens is 244 g/mol. The van der Waals surface area contributed by atoms with Gasteiger partial charge in [0.05, 0.1) is 12.7 Å². The number of para-hydroxylation sites is 1. The van der Waals surface area contributed by atoms with Gasteiger partial charge in [-0.05, 0) is 18.6 Å². The maximum absolute atomic E-state index is 12.2. The summed E-state index contributed by atoms with van der Waals surface area (Å²) in [7, 11) is 3.29. The van der Waals surface area contributed by atoms with Crippen molar-refractivity contribution in [1.29, 1.82) is 0 Å². The summed E-state index contributed by atoms with van der Waals surface area (Å²) in [6, 6.07) is 7.11. The number of hydrogen-bond acceptors (Lipinski definition) is 3. The zero-order chi connectivity index (χ0) is 13.8. The molecule has 0 radical (unpaired) electrons. The molecule has 0 aliphatic carbocycles. The molecule has 1 saturated heterocycles. The molecule has 1 aromatic carbocycles. The van der Waals surface area contributed by atoms with Gasteiger partial charge < -0.3 is 15.0 Å². The third-order valence-corrected chi connectivity index (χ3v) is 3.31. The van der Waals surface area contributed by atoms with Gasteiger partial charge in [-0.2, -0.15) is 0 Å². The fourth-order valence-electron chi connectivity index (χ4n) is 2.23. The molecule has 1 N–H and O–H groups in total. The number of carbonyl (C=O) groups excluding carboxylic acids is 2. The molecule has 19 heavy (non-hydrogen) atoms. The molecule has 0 spiro atoms. The van der Waals surface area contributed by atoms with E-state index >= 15 is 0 Å². The number of nitrogens with one attached hydrogen (secondary N) is 1. The highest BCUT2D eigenvalue weighted by atomic mass is 16.5. The number of likely N-dealkylation sites (N-methyl/N-ethyl adjacent to an activating group) is 1. The van der Waals surface area contributed by atoms with Crippen LogP contribution in [0.4, 0.5) is 0 Å². The molecule has 1 unspecified atom stereocenters. The molecule has 1 aromatic rings. The van der Waals surface area contributed by atoms with E-state index in [2.05, 4.69) is 5.32 Å². The molecule has 1 aliphatic rings. The number of piperidine rings is 1. The molecule has 0 saturated carbocycles. The van der Waals surface area contributed by atoms with E-state index in [9.17, 15) is 9.59 Å². The number of carbonyl (C=O) groups is 2. The van der Waals surface area contributed by atoms with Crippen LogP contribution in [0, 0.1) is 0 Å². The van der Waals surface area contributed by atoms with Crippen LogP contribution >= 0.6 is 0 Å². The monoisotopic (exact) mass is 262 g/mol. The summed E-state index contributed by atoms with van der Waals surface area (Å²) in [6.45, 7) is 0.555. The van der Waals surface area contributed by atoms with E-state index in [1.165, 1.54) is 0 Å². The maximum Gasteiger partial charge on any atom is 0.255 e. The third kappa shape index (κ3) is 3.05. The van der Waals surface area contributed by atoms with Crippen molar-refractivity contribution in [2.75, 3.05) is 20.7 Å². The Hall–Kier alpha value is -2.04. The van der Waals surface area contributed by atoms with Gasteiger partial charge in [-0.25, -0.2) is 0 Å². The summed E-state index contributed by atoms with van der Waals surface area (Å²) in [5, 5.41) is 2.95. The summed E-state index contributed by atoms with van der Waals surface area (Å²) < 4.78 is 5.17. The number of nitrogens with zero attached hydrogens (tertiary/aromatic N) is 1. The topological polar surface area (TPSA) is 58.6 Å². The Morgan fingerprint density at radius 2 is 2.16 bits per heavy atom. The van der Waals surface area contributed by atoms with Crippen LogP contribution in [0.2, 0.25) is 0 Å². The van der Waals surface area contributed by atoms with Crippen LogP contribution in [0.3, 0.4) is 0 Å². The first kappa shape index (κ1) is 13.4. The van der Waals surface area contributed by atoms with Crippen molar-refractivity contribution in [2.24, 2.45) is 0 Å². The second-order valence-electron chi connectivity index (χ2n) is 4.68. The Morgan fingerprint density at radius 1 is 1.42 bits per heavy atom. The molecule has 2 amide bonds. The van der Waals surface area contributed by atoms with Crippen molar-refractivity contribution in [2.45, 2.75) is 18.9 Å². The number of rotatable bonds is 3. The lowest BCUT2D eigenvalue weighted by molar-refractivity contribution is -0.132. The summed E-state index contributed by atoms with van der Waals surface area (Å²) in [5.74, 6) is 0.522. The van der Waals surface area contributed by atoms with E-state index in [0.29, 0.717) is 30.7 Å². The van der Waals surface area contributed by atoms with Crippen LogP contribution in [0.25, 0.3) is 0 Å². The molecule has 0 aromatic heterocycles. The molecule has 1 aliphatic heterocycles. The number of methoxy groups -OCH3 is 1. The van der Waals surface area contributed by atoms with Crippen molar-refractivity contribution in [1.82, 2.24) is 10.2 Å². The average Bonchev–Trinajstić information content (AvgIpc) is 2.43. The first-order valence-electron chi connectivity index (χ1n) is 6.29. The van der Waals surface area contributed by atoms with E-state index in [0.717, 1.165) is 0 Å². The van der Waals surface area contributed by atoms with Gasteiger partial charge in [0.15, 0.2) is 0 Å². The fraction of sp³-hybridized carbons (Fsp3) is 0.429. The van der Waals surface area contributed by atoms with E-state index in [1.54, 1.807) is 37.3 Å². The van der Waals surface area contributed by atoms with E-state index < -0.39 is 0 Å². The minimum atomic E-state index is -0.162. The minimum absolute atomic E-state index is 0.000104. The molecule has 2 rings (SSSR count). The third-order valence-electron chi connectivity index (χ3n) is 3.31. The van der Waals surface area contributed by atoms with Gasteiger partial charge >= 0.3 is 0 Å². The highest BCUT2D eigenvalue weighted by molar-refractivity contribution is 5.97. The molecule has 102 valence electrons. The van der Waals surface area contributed by atoms with Gasteiger partial charge in [0.2, 0.25) is 5.91 Å². The smallest absolute Gasteiger partial charge is 0.255 e. The fourth-order valence-corrected chi connectivity index (χ4v) is 2.23. The van der Waals surface area contributed by atoms with Gasteiger partial charge in [-0.1, -0.05) is 12.1 Å². The van der Waals surface area contributed by atoms with Crippen molar-refractivity contribution in [3.63, 3.8) is 0 Å². The number of ether oxygens (including phenoxy) is 1. The highest BCUT2D eigenvalue weighted by Crippen LogP contribution is 2.18. The predicted molar refractivity (Wildman–Crippen MR) is 71.1 cm³/mol. The first-order valence-corrected chi connectivity index (χ1v) is 6.29. The second kappa shape index (κ2) is 5.73. The van der Waals surface area contributed by atoms with E-state index in [-0.39, 0.29) is 17.9 Å². The Bertz CT molecular complexity index is 487. The largest absolute Gasteiger partial charge is 0.496 e. The number of amides is 2. The summed E-state index contributed by atoms with van der Waals surface area (Å²) >= 11 is 0. The number of likely N-dealkylation sites (tertiary alicyclic amines) is 1. The summed E-state index contributed by atoms with van der Waals surface area (Å²) in [4.78, 5) is 25.2. The summed E-state index contributed by atoms with van der Waals surface area (Å²) in [6.07, 6.45) is 1.16. The van der Waals surface area contributed by atoms with Crippen LogP contribution in [0.1, 0.15) is 23.2 Å². The van der Waals surface area contributed by atoms with Crippen LogP contribution in [0.15, 0.2) is 24.3 Å². The van der Waals surface area contributed by atoms with Gasteiger partial charge in [0, 0.05) is 26.1 Å². The average molecular weight is 262 g/mol. The molecule has 1 heterocycles. The van der Waals surface area contributed by atoms with Gasteiger partial charge in [-0.15, -0.1) is 0 Å². The highest BCUT2D eigenvalue weighted by Gasteiger charge is 2.25. The Balaban J connectivity index is 2.03. The van der Waals surface area contributed by atoms with E-state index in [1.807, 2.05) is 6.07 Å². The van der Waals surface area contributed by atoms with Gasteiger partial charge in [-0.3, -0.25) is 9.59 Å².